The van der Waals surface area contributed by atoms with E-state index in [0.29, 0.717) is 12.2 Å². The van der Waals surface area contributed by atoms with Crippen molar-refractivity contribution in [2.45, 2.75) is 32.4 Å². The van der Waals surface area contributed by atoms with Crippen LogP contribution in [0.5, 0.6) is 0 Å². The number of likely N-dealkylation sites (tertiary alicyclic amines) is 1. The van der Waals surface area contributed by atoms with Crippen LogP contribution < -0.4 is 10.6 Å². The maximum Gasteiger partial charge on any atom is 0.416 e. The van der Waals surface area contributed by atoms with Crippen LogP contribution in [0.15, 0.2) is 24.3 Å². The monoisotopic (exact) mass is 343 g/mol. The van der Waals surface area contributed by atoms with Crippen molar-refractivity contribution in [2.24, 2.45) is 5.92 Å². The first kappa shape index (κ1) is 18.6. The summed E-state index contributed by atoms with van der Waals surface area (Å²) in [5.74, 6) is 0.800. The third kappa shape index (κ3) is 6.03. The Morgan fingerprint density at radius 1 is 1.21 bits per heavy atom. The molecule has 1 aliphatic heterocycles. The minimum absolute atomic E-state index is 0.338. The fourth-order valence-corrected chi connectivity index (χ4v) is 2.71. The summed E-state index contributed by atoms with van der Waals surface area (Å²) in [6.45, 7) is 5.98. The lowest BCUT2D eigenvalue weighted by atomic mass is 9.99. The van der Waals surface area contributed by atoms with E-state index in [1.54, 1.807) is 0 Å². The number of nitrogens with zero attached hydrogens (tertiary/aromatic N) is 1. The van der Waals surface area contributed by atoms with E-state index in [4.69, 9.17) is 0 Å². The summed E-state index contributed by atoms with van der Waals surface area (Å²) in [4.78, 5) is 14.1. The van der Waals surface area contributed by atoms with E-state index in [1.165, 1.54) is 25.0 Å². The molecule has 4 nitrogen and oxygen atoms in total. The zero-order chi connectivity index (χ0) is 17.6. The van der Waals surface area contributed by atoms with Gasteiger partial charge in [0.25, 0.3) is 0 Å². The molecule has 2 amide bonds. The number of amides is 2. The van der Waals surface area contributed by atoms with Gasteiger partial charge in [-0.05, 0) is 69.1 Å². The number of urea groups is 1. The molecule has 24 heavy (non-hydrogen) atoms. The second-order valence-corrected chi connectivity index (χ2v) is 6.33. The SMILES string of the molecule is CC1CCN(CCCNC(=O)Nc2ccc(C(F)(F)F)cc2)CC1. The molecule has 1 heterocycles. The van der Waals surface area contributed by atoms with Gasteiger partial charge >= 0.3 is 12.2 Å². The van der Waals surface area contributed by atoms with Gasteiger partial charge in [0, 0.05) is 12.2 Å². The average molecular weight is 343 g/mol. The highest BCUT2D eigenvalue weighted by Crippen LogP contribution is 2.29. The summed E-state index contributed by atoms with van der Waals surface area (Å²) in [5.41, 5.74) is -0.394. The maximum atomic E-state index is 12.5. The predicted molar refractivity (Wildman–Crippen MR) is 87.9 cm³/mol. The number of piperidine rings is 1. The van der Waals surface area contributed by atoms with Gasteiger partial charge in [0.05, 0.1) is 5.56 Å². The van der Waals surface area contributed by atoms with E-state index in [2.05, 4.69) is 22.5 Å². The molecule has 0 unspecified atom stereocenters. The molecule has 0 atom stereocenters. The van der Waals surface area contributed by atoms with Crippen LogP contribution in [0, 0.1) is 5.92 Å². The molecule has 1 aromatic rings. The summed E-state index contributed by atoms with van der Waals surface area (Å²) in [6.07, 6.45) is -1.06. The highest BCUT2D eigenvalue weighted by Gasteiger charge is 2.29. The van der Waals surface area contributed by atoms with Gasteiger partial charge < -0.3 is 15.5 Å². The molecule has 0 bridgehead atoms. The van der Waals surface area contributed by atoms with Crippen molar-refractivity contribution in [2.75, 3.05) is 31.5 Å². The zero-order valence-corrected chi connectivity index (χ0v) is 13.8. The van der Waals surface area contributed by atoms with E-state index < -0.39 is 17.8 Å². The van der Waals surface area contributed by atoms with Gasteiger partial charge in [-0.3, -0.25) is 0 Å². The van der Waals surface area contributed by atoms with Crippen molar-refractivity contribution < 1.29 is 18.0 Å². The van der Waals surface area contributed by atoms with Crippen LogP contribution in [0.3, 0.4) is 0 Å². The number of benzene rings is 1. The molecule has 2 N–H and O–H groups in total. The Balaban J connectivity index is 1.64. The van der Waals surface area contributed by atoms with Crippen molar-refractivity contribution in [3.63, 3.8) is 0 Å². The summed E-state index contributed by atoms with van der Waals surface area (Å²) >= 11 is 0. The van der Waals surface area contributed by atoms with E-state index in [9.17, 15) is 18.0 Å². The molecule has 0 aliphatic carbocycles. The first-order valence-electron chi connectivity index (χ1n) is 8.29. The van der Waals surface area contributed by atoms with Crippen LogP contribution in [-0.2, 0) is 6.18 Å². The molecule has 0 saturated carbocycles. The number of carbonyl (C=O) groups is 1. The van der Waals surface area contributed by atoms with Crippen molar-refractivity contribution in [3.05, 3.63) is 29.8 Å². The fraction of sp³-hybridized carbons (Fsp3) is 0.588. The van der Waals surface area contributed by atoms with Crippen molar-refractivity contribution in [1.82, 2.24) is 10.2 Å². The van der Waals surface area contributed by atoms with E-state index in [1.807, 2.05) is 0 Å². The van der Waals surface area contributed by atoms with E-state index in [-0.39, 0.29) is 0 Å². The van der Waals surface area contributed by atoms with Gasteiger partial charge in [-0.2, -0.15) is 13.2 Å². The fourth-order valence-electron chi connectivity index (χ4n) is 2.71. The van der Waals surface area contributed by atoms with Crippen LogP contribution in [0.25, 0.3) is 0 Å². The van der Waals surface area contributed by atoms with Crippen molar-refractivity contribution >= 4 is 11.7 Å². The Kier molecular flexibility index (Phi) is 6.48. The number of carbonyl (C=O) groups excluding carboxylic acids is 1. The van der Waals surface area contributed by atoms with Crippen LogP contribution in [0.2, 0.25) is 0 Å². The number of nitrogens with one attached hydrogen (secondary N) is 2. The maximum absolute atomic E-state index is 12.5. The molecular formula is C17H24F3N3O. The number of hydrogen-bond acceptors (Lipinski definition) is 2. The Morgan fingerprint density at radius 2 is 1.83 bits per heavy atom. The summed E-state index contributed by atoms with van der Waals surface area (Å²) in [6, 6.07) is 4.00. The van der Waals surface area contributed by atoms with Gasteiger partial charge in [0.1, 0.15) is 0 Å². The molecule has 2 rings (SSSR count). The number of halogens is 3. The molecule has 7 heteroatoms. The third-order valence-corrected chi connectivity index (χ3v) is 4.28. The Hall–Kier alpha value is -1.76. The van der Waals surface area contributed by atoms with Gasteiger partial charge in [0.2, 0.25) is 0 Å². The van der Waals surface area contributed by atoms with Gasteiger partial charge in [-0.1, -0.05) is 6.92 Å². The van der Waals surface area contributed by atoms with Gasteiger partial charge in [-0.15, -0.1) is 0 Å². The number of rotatable bonds is 5. The summed E-state index contributed by atoms with van der Waals surface area (Å²) in [7, 11) is 0. The Morgan fingerprint density at radius 3 is 2.42 bits per heavy atom. The highest BCUT2D eigenvalue weighted by molar-refractivity contribution is 5.89. The molecular weight excluding hydrogens is 319 g/mol. The van der Waals surface area contributed by atoms with Crippen LogP contribution >= 0.6 is 0 Å². The first-order chi connectivity index (χ1) is 11.3. The van der Waals surface area contributed by atoms with Crippen molar-refractivity contribution in [3.8, 4) is 0 Å². The molecule has 0 spiro atoms. The lowest BCUT2D eigenvalue weighted by molar-refractivity contribution is -0.137. The topological polar surface area (TPSA) is 44.4 Å². The lowest BCUT2D eigenvalue weighted by Gasteiger charge is -2.30. The predicted octanol–water partition coefficient (Wildman–Crippen LogP) is 3.95. The molecule has 134 valence electrons. The normalized spacial score (nSPS) is 16.8. The molecule has 1 fully saturated rings. The van der Waals surface area contributed by atoms with Crippen LogP contribution in [0.1, 0.15) is 31.7 Å². The molecule has 1 saturated heterocycles. The minimum Gasteiger partial charge on any atom is -0.338 e. The smallest absolute Gasteiger partial charge is 0.338 e. The Labute approximate surface area is 140 Å². The summed E-state index contributed by atoms with van der Waals surface area (Å²) < 4.78 is 37.4. The zero-order valence-electron chi connectivity index (χ0n) is 13.8. The number of anilines is 1. The molecule has 0 radical (unpaired) electrons. The summed E-state index contributed by atoms with van der Waals surface area (Å²) in [5, 5.41) is 5.26. The van der Waals surface area contributed by atoms with Gasteiger partial charge in [0.15, 0.2) is 0 Å². The quantitative estimate of drug-likeness (QED) is 0.795. The molecule has 0 aromatic heterocycles. The van der Waals surface area contributed by atoms with Gasteiger partial charge in [-0.25, -0.2) is 4.79 Å². The third-order valence-electron chi connectivity index (χ3n) is 4.28. The lowest BCUT2D eigenvalue weighted by Crippen LogP contribution is -2.36. The van der Waals surface area contributed by atoms with E-state index >= 15 is 0 Å². The second-order valence-electron chi connectivity index (χ2n) is 6.33. The van der Waals surface area contributed by atoms with Crippen molar-refractivity contribution in [1.29, 1.82) is 0 Å². The Bertz CT molecular complexity index is 523. The molecule has 1 aromatic carbocycles. The number of hydrogen-bond donors (Lipinski definition) is 2. The number of alkyl halides is 3. The largest absolute Gasteiger partial charge is 0.416 e. The first-order valence-corrected chi connectivity index (χ1v) is 8.29. The van der Waals surface area contributed by atoms with Crippen LogP contribution in [0.4, 0.5) is 23.7 Å². The average Bonchev–Trinajstić information content (AvgIpc) is 2.53. The second kappa shape index (κ2) is 8.37. The standard InChI is InChI=1S/C17H24F3N3O/c1-13-7-11-23(12-8-13)10-2-9-21-16(24)22-15-5-3-14(4-6-15)17(18,19)20/h3-6,13H,2,7-12H2,1H3,(H2,21,22,24). The highest BCUT2D eigenvalue weighted by atomic mass is 19.4. The van der Waals surface area contributed by atoms with Crippen LogP contribution in [-0.4, -0.2) is 37.1 Å². The molecule has 1 aliphatic rings. The minimum atomic E-state index is -4.37. The van der Waals surface area contributed by atoms with E-state index in [0.717, 1.165) is 44.1 Å².